The topological polar surface area (TPSA) is 107 Å². The maximum absolute atomic E-state index is 13.0. The Balaban J connectivity index is 2.84. The third-order valence-corrected chi connectivity index (χ3v) is 4.79. The molecule has 0 spiro atoms. The van der Waals surface area contributed by atoms with Crippen LogP contribution >= 0.6 is 0 Å². The highest BCUT2D eigenvalue weighted by molar-refractivity contribution is 6.01. The van der Waals surface area contributed by atoms with E-state index in [4.69, 9.17) is 0 Å². The van der Waals surface area contributed by atoms with Gasteiger partial charge in [-0.25, -0.2) is 5.06 Å². The smallest absolute Gasteiger partial charge is 0.249 e. The molecule has 8 heteroatoms. The van der Waals surface area contributed by atoms with Crippen LogP contribution in [0.1, 0.15) is 66.2 Å². The second-order valence-electron chi connectivity index (χ2n) is 8.18. The Bertz CT molecular complexity index is 544. The normalized spacial score (nSPS) is 18.1. The second kappa shape index (κ2) is 10.4. The molecule has 0 aromatic rings. The van der Waals surface area contributed by atoms with Gasteiger partial charge in [-0.3, -0.25) is 29.7 Å². The molecule has 2 atom stereocenters. The van der Waals surface area contributed by atoms with Crippen molar-refractivity contribution >= 4 is 24.1 Å². The Labute approximate surface area is 161 Å². The number of unbranched alkanes of at least 4 members (excludes halogenated alkanes) is 2. The highest BCUT2D eigenvalue weighted by atomic mass is 16.5. The van der Waals surface area contributed by atoms with Crippen molar-refractivity contribution in [3.63, 3.8) is 0 Å². The number of rotatable bonds is 9. The van der Waals surface area contributed by atoms with Gasteiger partial charge >= 0.3 is 0 Å². The highest BCUT2D eigenvalue weighted by Gasteiger charge is 2.38. The maximum atomic E-state index is 13.0. The Morgan fingerprint density at radius 1 is 1.30 bits per heavy atom. The maximum Gasteiger partial charge on any atom is 0.249 e. The van der Waals surface area contributed by atoms with Crippen molar-refractivity contribution in [2.45, 2.75) is 72.3 Å². The van der Waals surface area contributed by atoms with Gasteiger partial charge in [0.25, 0.3) is 0 Å². The number of carbonyl (C=O) groups excluding carboxylic acids is 4. The zero-order valence-corrected chi connectivity index (χ0v) is 16.9. The summed E-state index contributed by atoms with van der Waals surface area (Å²) in [6.45, 7) is 7.52. The van der Waals surface area contributed by atoms with Crippen molar-refractivity contribution in [1.29, 1.82) is 0 Å². The minimum Gasteiger partial charge on any atom is -0.330 e. The molecule has 1 aliphatic rings. The van der Waals surface area contributed by atoms with E-state index in [2.05, 4.69) is 5.32 Å². The van der Waals surface area contributed by atoms with Crippen LogP contribution in [0.25, 0.3) is 0 Å². The average molecular weight is 383 g/mol. The number of nitrogens with zero attached hydrogens (tertiary/aromatic N) is 2. The van der Waals surface area contributed by atoms with Gasteiger partial charge in [-0.15, -0.1) is 0 Å². The molecule has 0 unspecified atom stereocenters. The first-order valence-corrected chi connectivity index (χ1v) is 9.68. The lowest BCUT2D eigenvalue weighted by atomic mass is 9.95. The van der Waals surface area contributed by atoms with Gasteiger partial charge < -0.3 is 4.90 Å². The summed E-state index contributed by atoms with van der Waals surface area (Å²) in [4.78, 5) is 49.9. The van der Waals surface area contributed by atoms with Crippen LogP contribution in [0.5, 0.6) is 0 Å². The number of hydroxylamine groups is 2. The van der Waals surface area contributed by atoms with Gasteiger partial charge in [0.15, 0.2) is 0 Å². The molecule has 154 valence electrons. The predicted octanol–water partition coefficient (Wildman–Crippen LogP) is 1.71. The number of carbonyl (C=O) groups is 4. The SMILES string of the molecule is CCCCC[C@@H](CN(O)C=O)C(=O)N1CCC[C@H]1C(=O)NC(=O)C(C)(C)C. The summed E-state index contributed by atoms with van der Waals surface area (Å²) in [5, 5.41) is 12.4. The van der Waals surface area contributed by atoms with Gasteiger partial charge in [-0.2, -0.15) is 0 Å². The lowest BCUT2D eigenvalue weighted by Gasteiger charge is -2.29. The number of amides is 4. The van der Waals surface area contributed by atoms with E-state index in [0.29, 0.717) is 30.9 Å². The Morgan fingerprint density at radius 3 is 2.52 bits per heavy atom. The number of hydrogen-bond donors (Lipinski definition) is 2. The fourth-order valence-electron chi connectivity index (χ4n) is 3.12. The van der Waals surface area contributed by atoms with Crippen LogP contribution in [0.3, 0.4) is 0 Å². The van der Waals surface area contributed by atoms with E-state index >= 15 is 0 Å². The average Bonchev–Trinajstić information content (AvgIpc) is 3.09. The molecule has 1 heterocycles. The first-order chi connectivity index (χ1) is 12.6. The Kier molecular flexibility index (Phi) is 8.88. The molecule has 1 saturated heterocycles. The van der Waals surface area contributed by atoms with Crippen LogP contribution in [0.4, 0.5) is 0 Å². The van der Waals surface area contributed by atoms with Crippen molar-refractivity contribution in [2.24, 2.45) is 11.3 Å². The molecule has 0 saturated carbocycles. The number of nitrogens with one attached hydrogen (secondary N) is 1. The molecule has 1 rings (SSSR count). The summed E-state index contributed by atoms with van der Waals surface area (Å²) >= 11 is 0. The van der Waals surface area contributed by atoms with Crippen LogP contribution in [-0.2, 0) is 19.2 Å². The molecular formula is C19H33N3O5. The molecular weight excluding hydrogens is 350 g/mol. The monoisotopic (exact) mass is 383 g/mol. The van der Waals surface area contributed by atoms with Gasteiger partial charge in [-0.1, -0.05) is 47.0 Å². The number of imide groups is 1. The van der Waals surface area contributed by atoms with Gasteiger partial charge in [-0.05, 0) is 19.3 Å². The van der Waals surface area contributed by atoms with E-state index in [1.54, 1.807) is 20.8 Å². The molecule has 2 N–H and O–H groups in total. The van der Waals surface area contributed by atoms with Crippen LogP contribution in [0, 0.1) is 11.3 Å². The first-order valence-electron chi connectivity index (χ1n) is 9.68. The zero-order valence-electron chi connectivity index (χ0n) is 16.9. The molecule has 0 aliphatic carbocycles. The Hall–Kier alpha value is -1.96. The van der Waals surface area contributed by atoms with Crippen molar-refractivity contribution in [3.05, 3.63) is 0 Å². The van der Waals surface area contributed by atoms with E-state index < -0.39 is 23.3 Å². The lowest BCUT2D eigenvalue weighted by molar-refractivity contribution is -0.158. The van der Waals surface area contributed by atoms with E-state index in [9.17, 15) is 24.4 Å². The molecule has 1 aliphatic heterocycles. The van der Waals surface area contributed by atoms with Gasteiger partial charge in [0.2, 0.25) is 24.1 Å². The third-order valence-electron chi connectivity index (χ3n) is 4.79. The van der Waals surface area contributed by atoms with Gasteiger partial charge in [0, 0.05) is 12.0 Å². The van der Waals surface area contributed by atoms with E-state index in [0.717, 1.165) is 19.3 Å². The molecule has 4 amide bonds. The number of hydrogen-bond acceptors (Lipinski definition) is 5. The van der Waals surface area contributed by atoms with Crippen molar-refractivity contribution in [2.75, 3.05) is 13.1 Å². The summed E-state index contributed by atoms with van der Waals surface area (Å²) < 4.78 is 0. The molecule has 8 nitrogen and oxygen atoms in total. The Morgan fingerprint density at radius 2 is 1.96 bits per heavy atom. The predicted molar refractivity (Wildman–Crippen MR) is 99.5 cm³/mol. The molecule has 27 heavy (non-hydrogen) atoms. The summed E-state index contributed by atoms with van der Waals surface area (Å²) in [5.41, 5.74) is -0.701. The van der Waals surface area contributed by atoms with Gasteiger partial charge in [0.05, 0.1) is 12.5 Å². The zero-order chi connectivity index (χ0) is 20.6. The van der Waals surface area contributed by atoms with Crippen LogP contribution in [0.2, 0.25) is 0 Å². The minimum atomic E-state index is -0.701. The van der Waals surface area contributed by atoms with Gasteiger partial charge in [0.1, 0.15) is 6.04 Å². The fraction of sp³-hybridized carbons (Fsp3) is 0.789. The van der Waals surface area contributed by atoms with E-state index in [-0.39, 0.29) is 24.8 Å². The van der Waals surface area contributed by atoms with Crippen LogP contribution < -0.4 is 5.32 Å². The second-order valence-corrected chi connectivity index (χ2v) is 8.18. The number of likely N-dealkylation sites (tertiary alicyclic amines) is 1. The molecule has 0 bridgehead atoms. The van der Waals surface area contributed by atoms with Crippen LogP contribution in [-0.4, -0.2) is 58.4 Å². The molecule has 0 radical (unpaired) electrons. The summed E-state index contributed by atoms with van der Waals surface area (Å²) in [6.07, 6.45) is 4.70. The molecule has 0 aromatic heterocycles. The first kappa shape index (κ1) is 23.1. The van der Waals surface area contributed by atoms with Crippen molar-refractivity contribution in [3.8, 4) is 0 Å². The van der Waals surface area contributed by atoms with Crippen LogP contribution in [0.15, 0.2) is 0 Å². The molecule has 1 fully saturated rings. The van der Waals surface area contributed by atoms with E-state index in [1.165, 1.54) is 4.90 Å². The summed E-state index contributed by atoms with van der Waals surface area (Å²) in [7, 11) is 0. The van der Waals surface area contributed by atoms with Crippen molar-refractivity contribution < 1.29 is 24.4 Å². The fourth-order valence-corrected chi connectivity index (χ4v) is 3.12. The van der Waals surface area contributed by atoms with E-state index in [1.807, 2.05) is 6.92 Å². The third kappa shape index (κ3) is 6.93. The largest absolute Gasteiger partial charge is 0.330 e. The minimum absolute atomic E-state index is 0.0994. The quantitative estimate of drug-likeness (QED) is 0.273. The van der Waals surface area contributed by atoms with Crippen molar-refractivity contribution in [1.82, 2.24) is 15.3 Å². The standard InChI is InChI=1S/C19H33N3O5/c1-5-6-7-9-14(12-21(27)13-23)17(25)22-11-8-10-15(22)16(24)20-18(26)19(2,3)4/h13-15,27H,5-12H2,1-4H3,(H,20,24,26)/t14-,15-/m0/s1. The summed E-state index contributed by atoms with van der Waals surface area (Å²) in [6, 6.07) is -0.694. The summed E-state index contributed by atoms with van der Waals surface area (Å²) in [5.74, 6) is -1.68. The molecule has 0 aromatic carbocycles. The highest BCUT2D eigenvalue weighted by Crippen LogP contribution is 2.23. The lowest BCUT2D eigenvalue weighted by Crippen LogP contribution is -2.52.